The van der Waals surface area contributed by atoms with Gasteiger partial charge in [-0.3, -0.25) is 0 Å². The summed E-state index contributed by atoms with van der Waals surface area (Å²) in [6, 6.07) is 0. The van der Waals surface area contributed by atoms with Crippen LogP contribution in [0.5, 0.6) is 0 Å². The maximum atomic E-state index is 0. The van der Waals surface area contributed by atoms with Crippen LogP contribution in [0.1, 0.15) is 0 Å². The summed E-state index contributed by atoms with van der Waals surface area (Å²) < 4.78 is 0. The molecule has 0 saturated carbocycles. The molecule has 0 bridgehead atoms. The van der Waals surface area contributed by atoms with E-state index in [9.17, 15) is 0 Å². The molecule has 0 aliphatic rings. The summed E-state index contributed by atoms with van der Waals surface area (Å²) >= 11 is 0. The van der Waals surface area contributed by atoms with Crippen LogP contribution in [-0.2, 0) is 91.1 Å². The van der Waals surface area contributed by atoms with Gasteiger partial charge in [-0.05, 0) is 0 Å². The Morgan fingerprint density at radius 1 is 1.00 bits per heavy atom. The molecule has 0 atom stereocenters. The van der Waals surface area contributed by atoms with E-state index in [1.54, 1.807) is 0 Å². The zero-order valence-corrected chi connectivity index (χ0v) is 38.4. The molecular formula is CrDyErEuHfHoLiLuNdRbSmTbTiZr+41. The maximum Gasteiger partial charge on any atom is 4.00 e. The Morgan fingerprint density at radius 2 is 1.00 bits per heavy atom. The summed E-state index contributed by atoms with van der Waals surface area (Å²) in [5.74, 6) is 0. The van der Waals surface area contributed by atoms with Crippen molar-refractivity contribution in [1.82, 2.24) is 0 Å². The third kappa shape index (κ3) is 79.8. The Hall–Kier alpha value is 16.0. The molecule has 53 valence electrons. The van der Waals surface area contributed by atoms with Gasteiger partial charge in [0.1, 0.15) is 0 Å². The fraction of sp³-hybridized carbons (Fsp3) is 0. The van der Waals surface area contributed by atoms with Gasteiger partial charge in [0.2, 0.25) is 0 Å². The van der Waals surface area contributed by atoms with E-state index in [0.717, 1.165) is 0 Å². The molecule has 0 rings (SSSR count). The molecule has 0 amide bonds. The van der Waals surface area contributed by atoms with Crippen LogP contribution in [0, 0.1) is 319 Å². The summed E-state index contributed by atoms with van der Waals surface area (Å²) in [7, 11) is 0. The van der Waals surface area contributed by atoms with E-state index in [4.69, 9.17) is 0 Å². The van der Waals surface area contributed by atoms with Gasteiger partial charge in [-0.1, -0.05) is 0 Å². The van der Waals surface area contributed by atoms with Gasteiger partial charge >= 0.3 is 487 Å². The zero-order chi connectivity index (χ0) is 0. The van der Waals surface area contributed by atoms with Gasteiger partial charge in [0.15, 0.2) is 0 Å². The first-order chi connectivity index (χ1) is 0. The first kappa shape index (κ1) is 98.6. The van der Waals surface area contributed by atoms with Gasteiger partial charge in [0.25, 0.3) is 0 Å². The van der Waals surface area contributed by atoms with E-state index in [1.807, 2.05) is 0 Å². The normalized spacial score (nSPS) is 0. The van der Waals surface area contributed by atoms with E-state index in [0.29, 0.717) is 0 Å². The van der Waals surface area contributed by atoms with Crippen LogP contribution in [0.4, 0.5) is 0 Å². The van der Waals surface area contributed by atoms with E-state index < -0.39 is 0 Å². The monoisotopic (exact) mass is 1740 g/mol. The summed E-state index contributed by atoms with van der Waals surface area (Å²) in [5.41, 5.74) is 0. The first-order valence-electron chi connectivity index (χ1n) is 0. The Morgan fingerprint density at radius 3 is 1.00 bits per heavy atom. The Kier molecular flexibility index (Phi) is 626. The van der Waals surface area contributed by atoms with Gasteiger partial charge < -0.3 is 0 Å². The third-order valence-corrected chi connectivity index (χ3v) is 0. The van der Waals surface area contributed by atoms with Crippen molar-refractivity contribution < 1.29 is 487 Å². The van der Waals surface area contributed by atoms with Crippen LogP contribution in [-0.4, -0.2) is 0 Å². The second-order valence-electron chi connectivity index (χ2n) is 0. The van der Waals surface area contributed by atoms with Gasteiger partial charge in [-0.15, -0.1) is 0 Å². The van der Waals surface area contributed by atoms with Crippen molar-refractivity contribution in [2.45, 2.75) is 0 Å². The molecule has 0 N–H and O–H groups in total. The fourth-order valence-electron chi connectivity index (χ4n) is 0. The first-order valence-corrected chi connectivity index (χ1v) is 0. The predicted octanol–water partition coefficient (Wildman–Crippen LogP) is -6.00. The minimum Gasteiger partial charge on any atom is 1.00 e. The van der Waals surface area contributed by atoms with Crippen molar-refractivity contribution in [3.8, 4) is 0 Å². The predicted molar refractivity (Wildman–Crippen MR) is 0 cm³/mol. The molecule has 0 nitrogen and oxygen atoms in total. The zero-order valence-electron chi connectivity index (χ0n) is 6.69. The van der Waals surface area contributed by atoms with E-state index in [2.05, 4.69) is 0 Å². The van der Waals surface area contributed by atoms with Gasteiger partial charge in [0, 0.05) is 0 Å². The minimum atomic E-state index is 0. The van der Waals surface area contributed by atoms with Crippen molar-refractivity contribution in [2.24, 2.45) is 0 Å². The van der Waals surface area contributed by atoms with Crippen molar-refractivity contribution in [3.63, 3.8) is 0 Å². The molecule has 0 saturated heterocycles. The van der Waals surface area contributed by atoms with Gasteiger partial charge in [-0.2, -0.15) is 0 Å². The molecule has 0 unspecified atom stereocenters. The molecule has 0 fully saturated rings. The van der Waals surface area contributed by atoms with Crippen LogP contribution in [0.15, 0.2) is 0 Å². The summed E-state index contributed by atoms with van der Waals surface area (Å²) in [4.78, 5) is 0. The topological polar surface area (TPSA) is 0 Å². The second kappa shape index (κ2) is 88.9. The summed E-state index contributed by atoms with van der Waals surface area (Å²) in [6.07, 6.45) is 0. The largest absolute Gasteiger partial charge is 4.00 e. The molecule has 14 heavy (non-hydrogen) atoms. The minimum absolute atomic E-state index is 0. The van der Waals surface area contributed by atoms with Gasteiger partial charge in [-0.25, -0.2) is 0 Å². The second-order valence-corrected chi connectivity index (χ2v) is 0. The molecule has 5 radical (unpaired) electrons. The fourth-order valence-corrected chi connectivity index (χ4v) is 0. The van der Waals surface area contributed by atoms with Gasteiger partial charge in [0.05, 0.1) is 0 Å². The van der Waals surface area contributed by atoms with Crippen molar-refractivity contribution >= 4 is 0 Å². The van der Waals surface area contributed by atoms with E-state index >= 15 is 0 Å². The average Bonchev–Trinajstić information content (AvgIpc) is 0. The molecule has 0 spiro atoms. The number of hydrogen-bond acceptors (Lipinski definition) is 0. The molecule has 0 aromatic heterocycles. The molecule has 0 aromatic carbocycles. The molecule has 14 heteroatoms. The molecule has 0 heterocycles. The number of hydrogen-bond donors (Lipinski definition) is 0. The van der Waals surface area contributed by atoms with Crippen LogP contribution >= 0.6 is 0 Å². The molecule has 0 aromatic rings. The molecular weight excluding hydrogens is 1740 g/mol. The SMILES string of the molecule is [Cr+3].[Dy+3].[Er+3].[Eu+3].[Hf+4].[Ho+3].[Li+].[Lu+3].[Nd+3].[Rb+].[Sm+3].[Tb+3].[Ti+4].[Zr+4]. The Balaban J connectivity index is 0. The van der Waals surface area contributed by atoms with Crippen LogP contribution < -0.4 is 77.0 Å². The van der Waals surface area contributed by atoms with Crippen molar-refractivity contribution in [3.05, 3.63) is 0 Å². The molecule has 0 aliphatic heterocycles. The Bertz CT molecular complexity index is 53.3. The van der Waals surface area contributed by atoms with Crippen molar-refractivity contribution in [2.75, 3.05) is 0 Å². The maximum absolute atomic E-state index is 0. The van der Waals surface area contributed by atoms with Crippen molar-refractivity contribution in [1.29, 1.82) is 0 Å². The average molecular weight is 1740 g/mol. The van der Waals surface area contributed by atoms with E-state index in [1.165, 1.54) is 0 Å². The van der Waals surface area contributed by atoms with Crippen LogP contribution in [0.25, 0.3) is 0 Å². The summed E-state index contributed by atoms with van der Waals surface area (Å²) in [5, 5.41) is 0. The van der Waals surface area contributed by atoms with Crippen LogP contribution in [0.2, 0.25) is 0 Å². The third-order valence-electron chi connectivity index (χ3n) is 0. The van der Waals surface area contributed by atoms with Crippen LogP contribution in [0.3, 0.4) is 0 Å². The quantitative estimate of drug-likeness (QED) is 0.213. The number of rotatable bonds is 0. The Labute approximate surface area is 468 Å². The standard InChI is InChI=1S/Cr.Dy.Er.Eu.Hf.Ho.Li.Lu.Nd.Rb.Sm.Tb.Ti.Zr/q4*+3;+4;+3;+1;2*+3;+1;2*+3;2*+4. The van der Waals surface area contributed by atoms with E-state index in [-0.39, 0.29) is 487 Å². The molecule has 0 aliphatic carbocycles. The smallest absolute Gasteiger partial charge is 1.00 e. The summed E-state index contributed by atoms with van der Waals surface area (Å²) in [6.45, 7) is 0.